The van der Waals surface area contributed by atoms with Gasteiger partial charge in [0.1, 0.15) is 21.8 Å². The van der Waals surface area contributed by atoms with E-state index in [1.165, 1.54) is 16.3 Å². The van der Waals surface area contributed by atoms with Crippen molar-refractivity contribution >= 4 is 46.1 Å². The summed E-state index contributed by atoms with van der Waals surface area (Å²) in [7, 11) is 4.87. The lowest BCUT2D eigenvalue weighted by Gasteiger charge is -2.37. The van der Waals surface area contributed by atoms with E-state index in [9.17, 15) is 14.9 Å². The number of aromatic nitrogens is 1. The van der Waals surface area contributed by atoms with Crippen LogP contribution in [0.15, 0.2) is 27.9 Å². The third-order valence-electron chi connectivity index (χ3n) is 7.31. The lowest BCUT2D eigenvalue weighted by atomic mass is 10.0. The van der Waals surface area contributed by atoms with Gasteiger partial charge in [-0.05, 0) is 49.2 Å². The van der Waals surface area contributed by atoms with Gasteiger partial charge in [-0.25, -0.2) is 0 Å². The van der Waals surface area contributed by atoms with Gasteiger partial charge in [0, 0.05) is 45.3 Å². The molecule has 0 saturated carbocycles. The Kier molecular flexibility index (Phi) is 9.00. The van der Waals surface area contributed by atoms with Crippen LogP contribution >= 0.6 is 24.0 Å². The first-order valence-corrected chi connectivity index (χ1v) is 14.0. The summed E-state index contributed by atoms with van der Waals surface area (Å²) in [5.41, 5.74) is 2.03. The van der Waals surface area contributed by atoms with E-state index in [0.29, 0.717) is 44.8 Å². The predicted molar refractivity (Wildman–Crippen MR) is 159 cm³/mol. The van der Waals surface area contributed by atoms with Crippen molar-refractivity contribution in [3.8, 4) is 17.6 Å². The summed E-state index contributed by atoms with van der Waals surface area (Å²) in [5, 5.41) is 9.74. The number of carbonyl (C=O) groups is 1. The number of carbonyl (C=O) groups excluding carboxylic acids is 1. The normalized spacial score (nSPS) is 17.2. The van der Waals surface area contributed by atoms with Crippen LogP contribution in [0.1, 0.15) is 29.2 Å². The molecule has 0 radical (unpaired) electrons. The average molecular weight is 568 g/mol. The van der Waals surface area contributed by atoms with Gasteiger partial charge in [0.2, 0.25) is 0 Å². The van der Waals surface area contributed by atoms with Gasteiger partial charge >= 0.3 is 0 Å². The fraction of sp³-hybridized carbons (Fsp3) is 0.429. The summed E-state index contributed by atoms with van der Waals surface area (Å²) in [5.74, 6) is 1.82. The molecule has 206 valence electrons. The van der Waals surface area contributed by atoms with E-state index in [-0.39, 0.29) is 17.0 Å². The minimum Gasteiger partial charge on any atom is -0.493 e. The number of rotatable bonds is 8. The van der Waals surface area contributed by atoms with Crippen molar-refractivity contribution in [2.24, 2.45) is 7.05 Å². The number of methoxy groups -OCH3 is 2. The molecule has 0 aliphatic carbocycles. The van der Waals surface area contributed by atoms with Crippen LogP contribution in [0.25, 0.3) is 6.08 Å². The zero-order chi connectivity index (χ0) is 28.3. The van der Waals surface area contributed by atoms with E-state index in [4.69, 9.17) is 21.7 Å². The molecule has 1 aromatic heterocycles. The zero-order valence-corrected chi connectivity index (χ0v) is 24.6. The molecule has 2 aliphatic rings. The van der Waals surface area contributed by atoms with E-state index < -0.39 is 0 Å². The van der Waals surface area contributed by atoms with Crippen LogP contribution in [-0.4, -0.2) is 78.1 Å². The maximum atomic E-state index is 13.5. The van der Waals surface area contributed by atoms with Crippen LogP contribution in [0.5, 0.6) is 11.5 Å². The standard InChI is InChI=1S/C28H33N5O4S2/c1-6-31-11-13-32(14-12-31)25-20(18(2)21(17-29)26(34)30(25)3)16-24-27(35)33(28(38)39-24)10-9-19-7-8-22(36-4)23(15-19)37-5/h7-8,15-16H,6,9-14H2,1-5H3. The largest absolute Gasteiger partial charge is 0.493 e. The summed E-state index contributed by atoms with van der Waals surface area (Å²) >= 11 is 6.83. The minimum atomic E-state index is -0.331. The van der Waals surface area contributed by atoms with Gasteiger partial charge < -0.3 is 19.3 Å². The molecule has 0 unspecified atom stereocenters. The average Bonchev–Trinajstić information content (AvgIpc) is 3.22. The third kappa shape index (κ3) is 5.69. The molecule has 9 nitrogen and oxygen atoms in total. The van der Waals surface area contributed by atoms with Crippen LogP contribution < -0.4 is 19.9 Å². The molecule has 0 atom stereocenters. The first-order chi connectivity index (χ1) is 18.7. The molecule has 39 heavy (non-hydrogen) atoms. The molecule has 4 rings (SSSR count). The minimum absolute atomic E-state index is 0.0867. The molecular formula is C28H33N5O4S2. The Hall–Kier alpha value is -3.33. The van der Waals surface area contributed by atoms with E-state index in [1.807, 2.05) is 18.2 Å². The lowest BCUT2D eigenvalue weighted by Crippen LogP contribution is -2.48. The zero-order valence-electron chi connectivity index (χ0n) is 22.9. The Balaban J connectivity index is 1.64. The number of hydrogen-bond acceptors (Lipinski definition) is 9. The number of likely N-dealkylation sites (N-methyl/N-ethyl adjacent to an activating group) is 1. The van der Waals surface area contributed by atoms with Crippen LogP contribution in [0.3, 0.4) is 0 Å². The van der Waals surface area contributed by atoms with Gasteiger partial charge in [0.25, 0.3) is 11.5 Å². The van der Waals surface area contributed by atoms with Crippen LogP contribution in [-0.2, 0) is 18.3 Å². The van der Waals surface area contributed by atoms with Crippen molar-refractivity contribution in [3.05, 3.63) is 55.7 Å². The quantitative estimate of drug-likeness (QED) is 0.352. The molecule has 2 aliphatic heterocycles. The summed E-state index contributed by atoms with van der Waals surface area (Å²) in [6.07, 6.45) is 2.39. The number of thiocarbonyl (C=S) groups is 1. The fourth-order valence-electron chi connectivity index (χ4n) is 4.97. The number of nitrogens with zero attached hydrogens (tertiary/aromatic N) is 5. The Morgan fingerprint density at radius 3 is 2.44 bits per heavy atom. The highest BCUT2D eigenvalue weighted by molar-refractivity contribution is 8.26. The molecule has 11 heteroatoms. The number of ether oxygens (including phenoxy) is 2. The van der Waals surface area contributed by atoms with Crippen molar-refractivity contribution in [2.45, 2.75) is 20.3 Å². The SMILES string of the molecule is CCN1CCN(c2c(C=C3SC(=S)N(CCc4ccc(OC)c(OC)c4)C3=O)c(C)c(C#N)c(=O)n2C)CC1. The summed E-state index contributed by atoms with van der Waals surface area (Å²) in [6.45, 7) is 8.55. The molecule has 1 amide bonds. The van der Waals surface area contributed by atoms with Crippen molar-refractivity contribution in [1.82, 2.24) is 14.4 Å². The topological polar surface area (TPSA) is 91.0 Å². The first kappa shape index (κ1) is 28.7. The number of hydrogen-bond donors (Lipinski definition) is 0. The van der Waals surface area contributed by atoms with Crippen LogP contribution in [0.4, 0.5) is 5.82 Å². The number of anilines is 1. The van der Waals surface area contributed by atoms with Gasteiger partial charge in [0.15, 0.2) is 11.5 Å². The second-order valence-electron chi connectivity index (χ2n) is 9.41. The van der Waals surface area contributed by atoms with Gasteiger partial charge in [-0.2, -0.15) is 5.26 Å². The Morgan fingerprint density at radius 1 is 1.13 bits per heavy atom. The number of benzene rings is 1. The van der Waals surface area contributed by atoms with Crippen molar-refractivity contribution in [3.63, 3.8) is 0 Å². The molecular weight excluding hydrogens is 534 g/mol. The number of piperazine rings is 1. The first-order valence-electron chi connectivity index (χ1n) is 12.8. The molecule has 2 aromatic rings. The second kappa shape index (κ2) is 12.2. The summed E-state index contributed by atoms with van der Waals surface area (Å²) in [6, 6.07) is 7.75. The van der Waals surface area contributed by atoms with Crippen LogP contribution in [0.2, 0.25) is 0 Å². The number of nitriles is 1. The summed E-state index contributed by atoms with van der Waals surface area (Å²) < 4.78 is 12.7. The third-order valence-corrected chi connectivity index (χ3v) is 8.69. The van der Waals surface area contributed by atoms with Crippen molar-refractivity contribution in [1.29, 1.82) is 5.26 Å². The predicted octanol–water partition coefficient (Wildman–Crippen LogP) is 3.17. The maximum Gasteiger partial charge on any atom is 0.270 e. The Labute approximate surface area is 238 Å². The fourth-order valence-corrected chi connectivity index (χ4v) is 6.26. The Morgan fingerprint density at radius 2 is 1.82 bits per heavy atom. The monoisotopic (exact) mass is 567 g/mol. The highest BCUT2D eigenvalue weighted by atomic mass is 32.2. The van der Waals surface area contributed by atoms with Crippen molar-refractivity contribution in [2.75, 3.05) is 58.4 Å². The van der Waals surface area contributed by atoms with Crippen molar-refractivity contribution < 1.29 is 14.3 Å². The van der Waals surface area contributed by atoms with Gasteiger partial charge in [-0.1, -0.05) is 37.0 Å². The van der Waals surface area contributed by atoms with Crippen LogP contribution in [0, 0.1) is 18.3 Å². The lowest BCUT2D eigenvalue weighted by molar-refractivity contribution is -0.122. The van der Waals surface area contributed by atoms with E-state index in [2.05, 4.69) is 22.8 Å². The smallest absolute Gasteiger partial charge is 0.270 e. The Bertz CT molecular complexity index is 1420. The van der Waals surface area contributed by atoms with E-state index >= 15 is 0 Å². The van der Waals surface area contributed by atoms with E-state index in [0.717, 1.165) is 44.1 Å². The number of amides is 1. The molecule has 0 spiro atoms. The van der Waals surface area contributed by atoms with Gasteiger partial charge in [-0.15, -0.1) is 0 Å². The molecule has 3 heterocycles. The highest BCUT2D eigenvalue weighted by Gasteiger charge is 2.33. The second-order valence-corrected chi connectivity index (χ2v) is 11.1. The highest BCUT2D eigenvalue weighted by Crippen LogP contribution is 2.36. The maximum absolute atomic E-state index is 13.5. The van der Waals surface area contributed by atoms with Gasteiger partial charge in [0.05, 0.1) is 19.1 Å². The molecule has 0 N–H and O–H groups in total. The molecule has 0 bridgehead atoms. The van der Waals surface area contributed by atoms with E-state index in [1.54, 1.807) is 39.2 Å². The van der Waals surface area contributed by atoms with Gasteiger partial charge in [-0.3, -0.25) is 19.1 Å². The summed E-state index contributed by atoms with van der Waals surface area (Å²) in [4.78, 5) is 33.1. The molecule has 2 saturated heterocycles. The molecule has 2 fully saturated rings. The molecule has 1 aromatic carbocycles. The number of pyridine rings is 1. The number of thioether (sulfide) groups is 1.